The van der Waals surface area contributed by atoms with Gasteiger partial charge >= 0.3 is 6.03 Å². The van der Waals surface area contributed by atoms with E-state index in [9.17, 15) is 32.8 Å². The Hall–Kier alpha value is -6.14. The summed E-state index contributed by atoms with van der Waals surface area (Å²) in [5.74, 6) is -1.34. The number of hydrogen-bond acceptors (Lipinski definition) is 15. The Morgan fingerprint density at radius 3 is 2.04 bits per heavy atom. The van der Waals surface area contributed by atoms with Crippen LogP contribution in [0.3, 0.4) is 0 Å². The number of halogens is 2. The quantitative estimate of drug-likeness (QED) is 0.0230. The van der Waals surface area contributed by atoms with E-state index < -0.39 is 17.5 Å². The van der Waals surface area contributed by atoms with Gasteiger partial charge in [0.1, 0.15) is 6.61 Å². The number of anilines is 5. The Kier molecular flexibility index (Phi) is 24.4. The minimum absolute atomic E-state index is 0.000931. The number of urea groups is 1. The van der Waals surface area contributed by atoms with Crippen LogP contribution in [0.15, 0.2) is 61.3 Å². The second kappa shape index (κ2) is 31.2. The van der Waals surface area contributed by atoms with Crippen LogP contribution < -0.4 is 47.3 Å². The van der Waals surface area contributed by atoms with Crippen LogP contribution in [0.25, 0.3) is 0 Å². The van der Waals surface area contributed by atoms with Gasteiger partial charge in [-0.1, -0.05) is 12.6 Å². The van der Waals surface area contributed by atoms with Crippen molar-refractivity contribution in [1.82, 2.24) is 36.6 Å². The summed E-state index contributed by atoms with van der Waals surface area (Å²) in [6.45, 7) is 7.83. The van der Waals surface area contributed by atoms with Crippen LogP contribution in [0.2, 0.25) is 0 Å². The molecule has 382 valence electrons. The van der Waals surface area contributed by atoms with E-state index >= 15 is 0 Å². The van der Waals surface area contributed by atoms with Crippen LogP contribution in [-0.2, 0) is 38.1 Å². The van der Waals surface area contributed by atoms with Gasteiger partial charge in [-0.15, -0.1) is 0 Å². The molecule has 0 bridgehead atoms. The first kappa shape index (κ1) is 54.8. The molecule has 2 aliphatic heterocycles. The monoisotopic (exact) mass is 998 g/mol. The summed E-state index contributed by atoms with van der Waals surface area (Å²) >= 11 is 1.85. The molecule has 0 radical (unpaired) electrons. The van der Waals surface area contributed by atoms with Crippen molar-refractivity contribution in [3.63, 3.8) is 0 Å². The van der Waals surface area contributed by atoms with E-state index in [2.05, 4.69) is 59.1 Å². The molecule has 23 heteroatoms. The molecular weight excluding hydrogens is 935 g/mol. The summed E-state index contributed by atoms with van der Waals surface area (Å²) < 4.78 is 56.9. The predicted octanol–water partition coefficient (Wildman–Crippen LogP) is 4.45. The number of nitrogens with zero attached hydrogens (tertiary/aromatic N) is 2. The SMILES string of the molecule is C=CC(=O)Nc1cccc(Nc2nc(Nc3ccc(OCCOCCNC(=O)CCCC(=O)NCCCOCCOCCOCCCNC(=O)CCC[C@H]4SC[C@H]5NC(=O)N[C@H]54)c(F)c3)ncc2F)c1. The van der Waals surface area contributed by atoms with E-state index in [4.69, 9.17) is 23.7 Å². The molecule has 3 heterocycles. The number of ether oxygens (including phenoxy) is 5. The third kappa shape index (κ3) is 20.8. The highest BCUT2D eigenvalue weighted by atomic mass is 32.2. The average Bonchev–Trinajstić information content (AvgIpc) is 3.90. The van der Waals surface area contributed by atoms with E-state index in [0.717, 1.165) is 30.9 Å². The lowest BCUT2D eigenvalue weighted by Gasteiger charge is -2.16. The number of nitrogens with one attached hydrogen (secondary N) is 8. The van der Waals surface area contributed by atoms with Crippen LogP contribution in [0.5, 0.6) is 5.75 Å². The number of rotatable bonds is 35. The second-order valence-corrected chi connectivity index (χ2v) is 17.3. The van der Waals surface area contributed by atoms with Crippen molar-refractivity contribution in [2.75, 3.05) is 101 Å². The van der Waals surface area contributed by atoms with Crippen LogP contribution in [0.4, 0.5) is 42.4 Å². The largest absolute Gasteiger partial charge is 0.488 e. The molecule has 2 saturated heterocycles. The fraction of sp³-hybridized carbons (Fsp3) is 0.511. The average molecular weight is 999 g/mol. The molecule has 0 aliphatic carbocycles. The van der Waals surface area contributed by atoms with E-state index in [1.165, 1.54) is 12.1 Å². The highest BCUT2D eigenvalue weighted by Crippen LogP contribution is 2.33. The van der Waals surface area contributed by atoms with Crippen LogP contribution in [-0.4, -0.2) is 142 Å². The van der Waals surface area contributed by atoms with Crippen LogP contribution in [0, 0.1) is 11.6 Å². The number of aromatic nitrogens is 2. The number of carbonyl (C=O) groups excluding carboxylic acids is 5. The Bertz CT molecular complexity index is 2160. The molecule has 20 nitrogen and oxygen atoms in total. The minimum atomic E-state index is -0.730. The zero-order valence-corrected chi connectivity index (χ0v) is 39.9. The minimum Gasteiger partial charge on any atom is -0.488 e. The van der Waals surface area contributed by atoms with Crippen molar-refractivity contribution < 1.29 is 56.4 Å². The summed E-state index contributed by atoms with van der Waals surface area (Å²) in [6, 6.07) is 11.0. The van der Waals surface area contributed by atoms with Crippen molar-refractivity contribution in [1.29, 1.82) is 0 Å². The van der Waals surface area contributed by atoms with Crippen LogP contribution in [0.1, 0.15) is 51.4 Å². The lowest BCUT2D eigenvalue weighted by molar-refractivity contribution is -0.123. The second-order valence-electron chi connectivity index (χ2n) is 16.0. The molecule has 1 aromatic heterocycles. The zero-order valence-electron chi connectivity index (χ0n) is 39.1. The van der Waals surface area contributed by atoms with Crippen molar-refractivity contribution in [3.8, 4) is 5.75 Å². The molecule has 0 unspecified atom stereocenters. The highest BCUT2D eigenvalue weighted by molar-refractivity contribution is 8.00. The maximum atomic E-state index is 14.8. The molecule has 2 aromatic carbocycles. The molecular formula is C47H64F2N10O10S. The molecule has 3 aromatic rings. The van der Waals surface area contributed by atoms with Crippen molar-refractivity contribution in [2.45, 2.75) is 68.7 Å². The first-order valence-corrected chi connectivity index (χ1v) is 24.4. The van der Waals surface area contributed by atoms with Gasteiger partial charge in [0.15, 0.2) is 23.2 Å². The Balaban J connectivity index is 0.769. The maximum absolute atomic E-state index is 14.8. The lowest BCUT2D eigenvalue weighted by Crippen LogP contribution is -2.37. The maximum Gasteiger partial charge on any atom is 0.315 e. The van der Waals surface area contributed by atoms with Gasteiger partial charge in [-0.2, -0.15) is 16.7 Å². The Morgan fingerprint density at radius 2 is 1.34 bits per heavy atom. The molecule has 3 atom stereocenters. The standard InChI is InChI=1S/C47H64F2N10O10S/c1-2-40(60)54-32-8-3-9-33(28-32)55-45-36(49)30-53-46(59-45)56-34-14-15-38(35(48)29-34)69-27-26-67-21-18-52-43(63)13-5-12-42(62)51-17-7-20-66-23-25-68-24-22-65-19-6-16-50-41(61)11-4-10-39-44-37(31-70-39)57-47(64)58-44/h2-3,8-9,14-15,28-30,37,39,44H,1,4-7,10-13,16-27,31H2,(H,50,61)(H,51,62)(H,52,63)(H,54,60)(H2,57,58,64)(H2,53,55,56,59)/t37-,39-,44-/m1/s1. The van der Waals surface area contributed by atoms with Gasteiger partial charge in [-0.3, -0.25) is 19.2 Å². The van der Waals surface area contributed by atoms with Crippen molar-refractivity contribution in [2.24, 2.45) is 0 Å². The Morgan fingerprint density at radius 1 is 0.714 bits per heavy atom. The third-order valence-corrected chi connectivity index (χ3v) is 12.0. The van der Waals surface area contributed by atoms with Gasteiger partial charge in [0, 0.05) is 86.2 Å². The summed E-state index contributed by atoms with van der Waals surface area (Å²) in [5.41, 5.74) is 1.20. The third-order valence-electron chi connectivity index (χ3n) is 10.5. The smallest absolute Gasteiger partial charge is 0.315 e. The molecule has 0 spiro atoms. The molecule has 8 N–H and O–H groups in total. The zero-order chi connectivity index (χ0) is 49.8. The molecule has 5 rings (SSSR count). The summed E-state index contributed by atoms with van der Waals surface area (Å²) in [7, 11) is 0. The molecule has 2 aliphatic rings. The van der Waals surface area contributed by atoms with Gasteiger partial charge in [0.25, 0.3) is 0 Å². The fourth-order valence-corrected chi connectivity index (χ4v) is 8.59. The van der Waals surface area contributed by atoms with Crippen molar-refractivity contribution >= 4 is 70.3 Å². The normalized spacial score (nSPS) is 15.8. The van der Waals surface area contributed by atoms with Gasteiger partial charge in [-0.25, -0.2) is 18.6 Å². The number of benzene rings is 2. The number of thioether (sulfide) groups is 1. The van der Waals surface area contributed by atoms with Crippen molar-refractivity contribution in [3.05, 3.63) is 73.0 Å². The first-order chi connectivity index (χ1) is 34.1. The molecule has 70 heavy (non-hydrogen) atoms. The molecule has 2 fully saturated rings. The van der Waals surface area contributed by atoms with E-state index in [-0.39, 0.29) is 98.2 Å². The number of hydrogen-bond donors (Lipinski definition) is 8. The van der Waals surface area contributed by atoms with E-state index in [1.54, 1.807) is 30.3 Å². The number of amides is 6. The summed E-state index contributed by atoms with van der Waals surface area (Å²) in [5, 5.41) is 23.0. The molecule has 0 saturated carbocycles. The van der Waals surface area contributed by atoms with Gasteiger partial charge in [0.05, 0.1) is 57.9 Å². The fourth-order valence-electron chi connectivity index (χ4n) is 7.05. The van der Waals surface area contributed by atoms with E-state index in [0.29, 0.717) is 95.0 Å². The van der Waals surface area contributed by atoms with Gasteiger partial charge < -0.3 is 66.2 Å². The first-order valence-electron chi connectivity index (χ1n) is 23.4. The van der Waals surface area contributed by atoms with Gasteiger partial charge in [0.2, 0.25) is 29.6 Å². The molecule has 6 amide bonds. The van der Waals surface area contributed by atoms with Gasteiger partial charge in [-0.05, 0) is 68.5 Å². The summed E-state index contributed by atoms with van der Waals surface area (Å²) in [4.78, 5) is 67.6. The highest BCUT2D eigenvalue weighted by Gasteiger charge is 2.42. The number of fused-ring (bicyclic) bond motifs is 1. The van der Waals surface area contributed by atoms with E-state index in [1.807, 2.05) is 11.8 Å². The lowest BCUT2D eigenvalue weighted by atomic mass is 10.0. The summed E-state index contributed by atoms with van der Waals surface area (Å²) in [6.07, 6.45) is 6.42. The Labute approximate surface area is 410 Å². The van der Waals surface area contributed by atoms with Crippen LogP contribution >= 0.6 is 11.8 Å². The topological polar surface area (TPSA) is 254 Å². The number of carbonyl (C=O) groups is 5. The predicted molar refractivity (Wildman–Crippen MR) is 260 cm³/mol.